The second-order valence-electron chi connectivity index (χ2n) is 4.14. The molecule has 0 aromatic heterocycles. The molecule has 1 rings (SSSR count). The van der Waals surface area contributed by atoms with Crippen LogP contribution in [0.15, 0.2) is 29.3 Å². The summed E-state index contributed by atoms with van der Waals surface area (Å²) in [6, 6.07) is 7.78. The summed E-state index contributed by atoms with van der Waals surface area (Å²) in [5.74, 6) is 1.58. The molecule has 2 nitrogen and oxygen atoms in total. The minimum atomic E-state index is 0.717. The van der Waals surface area contributed by atoms with Crippen molar-refractivity contribution >= 4 is 26.3 Å². The van der Waals surface area contributed by atoms with Crippen molar-refractivity contribution in [3.63, 3.8) is 0 Å². The van der Waals surface area contributed by atoms with Crippen LogP contribution in [-0.2, 0) is 0 Å². The first-order valence-electron chi connectivity index (χ1n) is 5.50. The van der Waals surface area contributed by atoms with E-state index in [4.69, 9.17) is 4.74 Å². The van der Waals surface area contributed by atoms with Gasteiger partial charge in [-0.1, -0.05) is 0 Å². The fourth-order valence-corrected chi connectivity index (χ4v) is 1.74. The summed E-state index contributed by atoms with van der Waals surface area (Å²) in [4.78, 5) is 4.51. The summed E-state index contributed by atoms with van der Waals surface area (Å²) in [5.41, 5.74) is 0.971. The van der Waals surface area contributed by atoms with Crippen molar-refractivity contribution in [1.29, 1.82) is 0 Å². The number of nitrogens with zero attached hydrogens (tertiary/aromatic N) is 1. The molecule has 0 N–H and O–H groups in total. The summed E-state index contributed by atoms with van der Waals surface area (Å²) in [6.45, 7) is 4.45. The Morgan fingerprint density at radius 3 is 2.44 bits per heavy atom. The van der Waals surface area contributed by atoms with Crippen molar-refractivity contribution in [2.45, 2.75) is 26.7 Å². The number of rotatable bonds is 5. The van der Waals surface area contributed by atoms with E-state index in [0.717, 1.165) is 28.4 Å². The zero-order valence-corrected chi connectivity index (χ0v) is 11.8. The molecule has 1 aromatic carbocycles. The molecule has 0 bridgehead atoms. The third kappa shape index (κ3) is 4.82. The van der Waals surface area contributed by atoms with E-state index in [9.17, 15) is 0 Å². The van der Waals surface area contributed by atoms with Gasteiger partial charge in [0.25, 0.3) is 0 Å². The van der Waals surface area contributed by atoms with Crippen LogP contribution in [0.2, 0.25) is 0 Å². The Balaban J connectivity index is 2.59. The van der Waals surface area contributed by atoms with Gasteiger partial charge >= 0.3 is 106 Å². The molecule has 0 unspecified atom stereocenters. The quantitative estimate of drug-likeness (QED) is 0.600. The molecule has 0 saturated heterocycles. The molecule has 0 atom stereocenters. The number of hydrogen-bond acceptors (Lipinski definition) is 2. The van der Waals surface area contributed by atoms with E-state index in [1.807, 2.05) is 24.3 Å². The topological polar surface area (TPSA) is 21.6 Å². The molecule has 0 heterocycles. The molecule has 3 heteroatoms. The predicted octanol–water partition coefficient (Wildman–Crippen LogP) is 3.33. The van der Waals surface area contributed by atoms with Gasteiger partial charge in [0.05, 0.1) is 0 Å². The van der Waals surface area contributed by atoms with Crippen molar-refractivity contribution in [1.82, 2.24) is 0 Å². The second-order valence-corrected chi connectivity index (χ2v) is 5.12. The van der Waals surface area contributed by atoms with Gasteiger partial charge < -0.3 is 0 Å². The van der Waals surface area contributed by atoms with Crippen LogP contribution in [0.4, 0.5) is 5.69 Å². The fourth-order valence-electron chi connectivity index (χ4n) is 1.27. The van der Waals surface area contributed by atoms with E-state index in [0.29, 0.717) is 0 Å². The van der Waals surface area contributed by atoms with E-state index < -0.39 is 0 Å². The molecule has 1 aromatic rings. The first-order valence-corrected chi connectivity index (χ1v) is 6.36. The van der Waals surface area contributed by atoms with E-state index in [1.54, 1.807) is 7.11 Å². The first kappa shape index (κ1) is 13.3. The summed E-state index contributed by atoms with van der Waals surface area (Å²) < 4.78 is 6.17. The van der Waals surface area contributed by atoms with E-state index >= 15 is 0 Å². The van der Waals surface area contributed by atoms with Crippen LogP contribution in [0.1, 0.15) is 26.7 Å². The van der Waals surface area contributed by atoms with Crippen LogP contribution in [0, 0.1) is 5.92 Å². The van der Waals surface area contributed by atoms with Crippen molar-refractivity contribution in [3.05, 3.63) is 24.3 Å². The van der Waals surface area contributed by atoms with Crippen molar-refractivity contribution in [2.75, 3.05) is 7.11 Å². The molecule has 0 aliphatic carbocycles. The number of ether oxygens (including phenoxy) is 1. The second kappa shape index (κ2) is 6.72. The minimum absolute atomic E-state index is 0.717. The average molecular weight is 283 g/mol. The number of benzene rings is 1. The number of hydrogen-bond donors (Lipinski definition) is 0. The molecule has 1 radical (unpaired) electrons. The number of aliphatic imine (C=N–C) groups is 1. The molecule has 16 heavy (non-hydrogen) atoms. The van der Waals surface area contributed by atoms with Crippen LogP contribution in [0.5, 0.6) is 5.75 Å². The van der Waals surface area contributed by atoms with Crippen LogP contribution < -0.4 is 4.74 Å². The van der Waals surface area contributed by atoms with Crippen LogP contribution in [-0.4, -0.2) is 27.7 Å². The maximum absolute atomic E-state index is 5.10. The van der Waals surface area contributed by atoms with Gasteiger partial charge in [0.1, 0.15) is 0 Å². The maximum atomic E-state index is 5.10. The predicted molar refractivity (Wildman–Crippen MR) is 69.9 cm³/mol. The SMILES string of the molecule is COc1ccc(N=C([Se])CCC(C)C)cc1. The summed E-state index contributed by atoms with van der Waals surface area (Å²) in [6.07, 6.45) is 2.19. The van der Waals surface area contributed by atoms with E-state index in [-0.39, 0.29) is 0 Å². The molecule has 87 valence electrons. The van der Waals surface area contributed by atoms with Crippen LogP contribution in [0.3, 0.4) is 0 Å². The molecular weight excluding hydrogens is 265 g/mol. The molecule has 0 spiro atoms. The van der Waals surface area contributed by atoms with Crippen LogP contribution in [0.25, 0.3) is 0 Å². The van der Waals surface area contributed by atoms with Gasteiger partial charge in [-0.15, -0.1) is 0 Å². The molecule has 0 aliphatic rings. The van der Waals surface area contributed by atoms with Gasteiger partial charge in [-0.25, -0.2) is 0 Å². The standard InChI is InChI=1S/C13H18NOSe/c1-10(2)4-9-13(16)14-11-5-7-12(15-3)8-6-11/h5-8,10H,4,9H2,1-3H3. The van der Waals surface area contributed by atoms with Crippen LogP contribution >= 0.6 is 0 Å². The Kier molecular flexibility index (Phi) is 5.57. The van der Waals surface area contributed by atoms with Gasteiger partial charge in [0.2, 0.25) is 0 Å². The number of methoxy groups -OCH3 is 1. The zero-order valence-electron chi connectivity index (χ0n) is 10.1. The molecule has 0 aliphatic heterocycles. The monoisotopic (exact) mass is 284 g/mol. The van der Waals surface area contributed by atoms with Gasteiger partial charge in [-0.3, -0.25) is 0 Å². The Hall–Kier alpha value is -0.791. The Bertz CT molecular complexity index is 343. The third-order valence-electron chi connectivity index (χ3n) is 2.26. The molecule has 0 saturated carbocycles. The summed E-state index contributed by atoms with van der Waals surface area (Å²) >= 11 is 3.03. The van der Waals surface area contributed by atoms with Crippen molar-refractivity contribution in [2.24, 2.45) is 10.9 Å². The van der Waals surface area contributed by atoms with E-state index in [1.165, 1.54) is 6.42 Å². The van der Waals surface area contributed by atoms with Gasteiger partial charge in [-0.2, -0.15) is 0 Å². The average Bonchev–Trinajstić information content (AvgIpc) is 2.27. The normalized spacial score (nSPS) is 11.9. The third-order valence-corrected chi connectivity index (χ3v) is 2.88. The molecule has 0 amide bonds. The van der Waals surface area contributed by atoms with Gasteiger partial charge in [0, 0.05) is 0 Å². The Labute approximate surface area is 106 Å². The van der Waals surface area contributed by atoms with E-state index in [2.05, 4.69) is 34.9 Å². The van der Waals surface area contributed by atoms with Gasteiger partial charge in [-0.05, 0) is 0 Å². The zero-order chi connectivity index (χ0) is 12.0. The van der Waals surface area contributed by atoms with Crippen molar-refractivity contribution in [3.8, 4) is 5.75 Å². The summed E-state index contributed by atoms with van der Waals surface area (Å²) in [7, 11) is 1.67. The summed E-state index contributed by atoms with van der Waals surface area (Å²) in [5, 5.41) is 0. The first-order chi connectivity index (χ1) is 7.61. The van der Waals surface area contributed by atoms with Crippen molar-refractivity contribution < 1.29 is 4.74 Å². The molecular formula is C13H18NOSe. The Morgan fingerprint density at radius 2 is 1.94 bits per heavy atom. The molecule has 0 fully saturated rings. The Morgan fingerprint density at radius 1 is 1.31 bits per heavy atom. The fraction of sp³-hybridized carbons (Fsp3) is 0.462. The van der Waals surface area contributed by atoms with Gasteiger partial charge in [0.15, 0.2) is 0 Å².